The van der Waals surface area contributed by atoms with E-state index in [2.05, 4.69) is 37.0 Å². The Morgan fingerprint density at radius 1 is 1.22 bits per heavy atom. The fourth-order valence-corrected chi connectivity index (χ4v) is 5.41. The highest BCUT2D eigenvalue weighted by atomic mass is 16.5. The van der Waals surface area contributed by atoms with Crippen LogP contribution >= 0.6 is 0 Å². The number of benzene rings is 1. The molecular formula is C27H36N6O3. The second kappa shape index (κ2) is 11.3. The molecule has 2 unspecified atom stereocenters. The maximum atomic E-state index is 13.2. The number of carbonyl (C=O) groups is 1. The lowest BCUT2D eigenvalue weighted by Crippen LogP contribution is -2.52. The number of carbonyl (C=O) groups excluding carboxylic acids is 1. The number of aromatic nitrogens is 3. The molecule has 2 aromatic heterocycles. The molecule has 0 aliphatic carbocycles. The average Bonchev–Trinajstić information content (AvgIpc) is 3.55. The van der Waals surface area contributed by atoms with Crippen LogP contribution in [-0.2, 0) is 4.74 Å². The summed E-state index contributed by atoms with van der Waals surface area (Å²) in [4.78, 5) is 30.1. The normalized spacial score (nSPS) is 20.7. The van der Waals surface area contributed by atoms with Gasteiger partial charge in [0.2, 0.25) is 0 Å². The summed E-state index contributed by atoms with van der Waals surface area (Å²) < 4.78 is 11.5. The van der Waals surface area contributed by atoms with Crippen LogP contribution in [0.5, 0.6) is 5.75 Å². The number of nitrogens with zero attached hydrogens (tertiary/aromatic N) is 4. The Balaban J connectivity index is 1.22. The molecule has 2 N–H and O–H groups in total. The number of hydrogen-bond acceptors (Lipinski definition) is 7. The van der Waals surface area contributed by atoms with Gasteiger partial charge < -0.3 is 24.7 Å². The Morgan fingerprint density at radius 3 is 2.92 bits per heavy atom. The molecule has 2 aliphatic heterocycles. The molecule has 0 radical (unpaired) electrons. The molecule has 3 aromatic rings. The van der Waals surface area contributed by atoms with Gasteiger partial charge in [-0.1, -0.05) is 6.07 Å². The summed E-state index contributed by atoms with van der Waals surface area (Å²) in [6.07, 6.45) is 6.92. The number of ether oxygens (including phenoxy) is 2. The number of piperidine rings is 1. The molecule has 0 bridgehead atoms. The van der Waals surface area contributed by atoms with Crippen LogP contribution in [-0.4, -0.2) is 84.8 Å². The number of fused-ring (bicyclic) bond motifs is 1. The Kier molecular flexibility index (Phi) is 7.67. The third-order valence-electron chi connectivity index (χ3n) is 7.35. The van der Waals surface area contributed by atoms with E-state index >= 15 is 0 Å². The molecular weight excluding hydrogens is 456 g/mol. The molecule has 0 spiro atoms. The zero-order valence-corrected chi connectivity index (χ0v) is 21.2. The molecule has 2 fully saturated rings. The third kappa shape index (κ3) is 5.47. The van der Waals surface area contributed by atoms with E-state index in [1.165, 1.54) is 12.8 Å². The number of rotatable bonds is 9. The van der Waals surface area contributed by atoms with E-state index in [0.717, 1.165) is 67.3 Å². The number of likely N-dealkylation sites (tertiary alicyclic amines) is 1. The Morgan fingerprint density at radius 2 is 2.08 bits per heavy atom. The van der Waals surface area contributed by atoms with E-state index in [4.69, 9.17) is 9.47 Å². The third-order valence-corrected chi connectivity index (χ3v) is 7.35. The van der Waals surface area contributed by atoms with Crippen LogP contribution in [0.3, 0.4) is 0 Å². The lowest BCUT2D eigenvalue weighted by Gasteiger charge is -2.39. The molecule has 1 amide bonds. The number of nitrogens with one attached hydrogen (secondary N) is 2. The highest BCUT2D eigenvalue weighted by Crippen LogP contribution is 2.30. The van der Waals surface area contributed by atoms with Crippen molar-refractivity contribution in [1.82, 2.24) is 25.2 Å². The monoisotopic (exact) mass is 492 g/mol. The highest BCUT2D eigenvalue weighted by molar-refractivity contribution is 5.95. The minimum atomic E-state index is -0.0783. The molecule has 2 saturated heterocycles. The first-order valence-electron chi connectivity index (χ1n) is 12.9. The van der Waals surface area contributed by atoms with E-state index in [0.29, 0.717) is 18.8 Å². The molecule has 2 atom stereocenters. The summed E-state index contributed by atoms with van der Waals surface area (Å²) >= 11 is 0. The van der Waals surface area contributed by atoms with Crippen molar-refractivity contribution in [3.8, 4) is 5.75 Å². The zero-order valence-electron chi connectivity index (χ0n) is 21.2. The van der Waals surface area contributed by atoms with Gasteiger partial charge in [0.15, 0.2) is 0 Å². The van der Waals surface area contributed by atoms with Crippen LogP contribution in [0.4, 0.5) is 5.82 Å². The number of anilines is 1. The maximum Gasteiger partial charge on any atom is 0.251 e. The first-order valence-corrected chi connectivity index (χ1v) is 12.9. The molecule has 2 aliphatic rings. The van der Waals surface area contributed by atoms with Crippen molar-refractivity contribution in [3.63, 3.8) is 0 Å². The number of aryl methyl sites for hydroxylation is 1. The summed E-state index contributed by atoms with van der Waals surface area (Å²) in [6, 6.07) is 7.49. The van der Waals surface area contributed by atoms with Gasteiger partial charge in [-0.05, 0) is 63.0 Å². The van der Waals surface area contributed by atoms with Gasteiger partial charge in [0.25, 0.3) is 5.91 Å². The maximum absolute atomic E-state index is 13.2. The van der Waals surface area contributed by atoms with Crippen molar-refractivity contribution in [2.75, 3.05) is 57.9 Å². The van der Waals surface area contributed by atoms with Crippen molar-refractivity contribution >= 4 is 22.8 Å². The van der Waals surface area contributed by atoms with Gasteiger partial charge in [0.05, 0.1) is 12.0 Å². The lowest BCUT2D eigenvalue weighted by atomic mass is 9.92. The SMILES string of the molecule is COCC1CN(c2ncnc3[nH]cc(C)c23)CCC1NC(=O)c1cccc(OCCN2CCCC2)c1. The number of methoxy groups -OCH3 is 1. The topological polar surface area (TPSA) is 95.6 Å². The van der Waals surface area contributed by atoms with Crippen molar-refractivity contribution in [2.24, 2.45) is 5.92 Å². The summed E-state index contributed by atoms with van der Waals surface area (Å²) in [5.41, 5.74) is 2.59. The molecule has 36 heavy (non-hydrogen) atoms. The van der Waals surface area contributed by atoms with Gasteiger partial charge in [-0.25, -0.2) is 9.97 Å². The first kappa shape index (κ1) is 24.5. The van der Waals surface area contributed by atoms with Gasteiger partial charge >= 0.3 is 0 Å². The predicted octanol–water partition coefficient (Wildman–Crippen LogP) is 3.01. The van der Waals surface area contributed by atoms with E-state index < -0.39 is 0 Å². The van der Waals surface area contributed by atoms with E-state index in [1.807, 2.05) is 30.5 Å². The zero-order chi connectivity index (χ0) is 24.9. The average molecular weight is 493 g/mol. The van der Waals surface area contributed by atoms with Crippen LogP contribution < -0.4 is 15.0 Å². The largest absolute Gasteiger partial charge is 0.492 e. The molecule has 0 saturated carbocycles. The van der Waals surface area contributed by atoms with Crippen molar-refractivity contribution in [3.05, 3.63) is 47.9 Å². The fraction of sp³-hybridized carbons (Fsp3) is 0.519. The van der Waals surface area contributed by atoms with Crippen LogP contribution in [0, 0.1) is 12.8 Å². The first-order chi connectivity index (χ1) is 17.6. The van der Waals surface area contributed by atoms with Crippen LogP contribution in [0.2, 0.25) is 0 Å². The van der Waals surface area contributed by atoms with Gasteiger partial charge in [0, 0.05) is 50.5 Å². The van der Waals surface area contributed by atoms with Gasteiger partial charge in [0.1, 0.15) is 30.1 Å². The molecule has 192 valence electrons. The quantitative estimate of drug-likeness (QED) is 0.474. The minimum Gasteiger partial charge on any atom is -0.492 e. The molecule has 9 nitrogen and oxygen atoms in total. The standard InChI is InChI=1S/C27H36N6O3/c1-19-15-28-25-24(19)26(30-18-29-25)33-11-8-23(21(16-33)17-35-2)31-27(34)20-6-5-7-22(14-20)36-13-12-32-9-3-4-10-32/h5-7,14-15,18,21,23H,3-4,8-13,16-17H2,1-2H3,(H,31,34)(H,28,29,30). The lowest BCUT2D eigenvalue weighted by molar-refractivity contribution is 0.0855. The van der Waals surface area contributed by atoms with E-state index in [-0.39, 0.29) is 17.9 Å². The van der Waals surface area contributed by atoms with Crippen LogP contribution in [0.1, 0.15) is 35.2 Å². The predicted molar refractivity (Wildman–Crippen MR) is 140 cm³/mol. The van der Waals surface area contributed by atoms with Crippen LogP contribution in [0.25, 0.3) is 11.0 Å². The summed E-state index contributed by atoms with van der Waals surface area (Å²) in [5, 5.41) is 4.32. The second-order valence-electron chi connectivity index (χ2n) is 9.85. The fourth-order valence-electron chi connectivity index (χ4n) is 5.41. The number of hydrogen-bond donors (Lipinski definition) is 2. The number of aromatic amines is 1. The van der Waals surface area contributed by atoms with Crippen molar-refractivity contribution < 1.29 is 14.3 Å². The Bertz CT molecular complexity index is 1180. The molecule has 9 heteroatoms. The molecule has 5 rings (SSSR count). The summed E-state index contributed by atoms with van der Waals surface area (Å²) in [5.74, 6) is 1.73. The summed E-state index contributed by atoms with van der Waals surface area (Å²) in [6.45, 7) is 8.03. The van der Waals surface area contributed by atoms with Crippen molar-refractivity contribution in [2.45, 2.75) is 32.2 Å². The molecule has 1 aromatic carbocycles. The van der Waals surface area contributed by atoms with Gasteiger partial charge in [-0.2, -0.15) is 0 Å². The van der Waals surface area contributed by atoms with Crippen molar-refractivity contribution in [1.29, 1.82) is 0 Å². The highest BCUT2D eigenvalue weighted by Gasteiger charge is 2.32. The molecule has 4 heterocycles. The van der Waals surface area contributed by atoms with E-state index in [1.54, 1.807) is 13.4 Å². The number of H-pyrrole nitrogens is 1. The smallest absolute Gasteiger partial charge is 0.251 e. The Labute approximate surface area is 212 Å². The van der Waals surface area contributed by atoms with E-state index in [9.17, 15) is 4.79 Å². The van der Waals surface area contributed by atoms with Crippen LogP contribution in [0.15, 0.2) is 36.8 Å². The Hall–Kier alpha value is -3.17. The summed E-state index contributed by atoms with van der Waals surface area (Å²) in [7, 11) is 1.71. The number of amides is 1. The van der Waals surface area contributed by atoms with Gasteiger partial charge in [-0.3, -0.25) is 9.69 Å². The second-order valence-corrected chi connectivity index (χ2v) is 9.85. The minimum absolute atomic E-state index is 0.0121. The van der Waals surface area contributed by atoms with Gasteiger partial charge in [-0.15, -0.1) is 0 Å².